The van der Waals surface area contributed by atoms with E-state index in [4.69, 9.17) is 30.6 Å². The Kier molecular flexibility index (Phi) is 16.8. The fourth-order valence-corrected chi connectivity index (χ4v) is 1.80. The third-order valence-electron chi connectivity index (χ3n) is 3.27. The van der Waals surface area contributed by atoms with Crippen molar-refractivity contribution < 1.29 is 45.3 Å². The summed E-state index contributed by atoms with van der Waals surface area (Å²) in [5.74, 6) is -1.57. The maximum atomic E-state index is 10.0. The lowest BCUT2D eigenvalue weighted by atomic mass is 10.0. The second kappa shape index (κ2) is 16.2. The lowest BCUT2D eigenvalue weighted by molar-refractivity contribution is -0.138. The lowest BCUT2D eigenvalue weighted by Crippen LogP contribution is -2.48. The van der Waals surface area contributed by atoms with Gasteiger partial charge in [0.15, 0.2) is 0 Å². The molecule has 10 nitrogen and oxygen atoms in total. The van der Waals surface area contributed by atoms with Crippen LogP contribution in [0.15, 0.2) is 0 Å². The molecule has 8 N–H and O–H groups in total. The Morgan fingerprint density at radius 1 is 0.800 bits per heavy atom. The van der Waals surface area contributed by atoms with E-state index in [-0.39, 0.29) is 19.4 Å². The van der Waals surface area contributed by atoms with Gasteiger partial charge in [-0.25, -0.2) is 0 Å². The zero-order valence-electron chi connectivity index (χ0n) is 14.4. The Morgan fingerprint density at radius 3 is 1.52 bits per heavy atom. The summed E-state index contributed by atoms with van der Waals surface area (Å²) in [6.07, 6.45) is -2.37. The summed E-state index contributed by atoms with van der Waals surface area (Å²) in [5.41, 5.74) is 0. The van der Waals surface area contributed by atoms with Crippen molar-refractivity contribution in [1.82, 2.24) is 5.32 Å². The van der Waals surface area contributed by atoms with E-state index in [2.05, 4.69) is 5.32 Å². The molecule has 4 atom stereocenters. The molecule has 0 aromatic carbocycles. The van der Waals surface area contributed by atoms with Crippen LogP contribution in [0.3, 0.4) is 0 Å². The van der Waals surface area contributed by atoms with Crippen molar-refractivity contribution in [3.8, 4) is 0 Å². The first-order chi connectivity index (χ1) is 11.7. The monoisotopic (exact) mass is 369 g/mol. The second-order valence-corrected chi connectivity index (χ2v) is 5.56. The largest absolute Gasteiger partial charge is 0.481 e. The van der Waals surface area contributed by atoms with Crippen molar-refractivity contribution in [1.29, 1.82) is 0 Å². The molecule has 25 heavy (non-hydrogen) atoms. The third kappa shape index (κ3) is 15.9. The number of carboxylic acid groups (broad SMARTS) is 2. The summed E-state index contributed by atoms with van der Waals surface area (Å²) in [7, 11) is 1.57. The highest BCUT2D eigenvalue weighted by atomic mass is 16.4. The molecule has 0 saturated heterocycles. The molecule has 0 aromatic rings. The fraction of sp³-hybridized carbons (Fsp3) is 0.867. The van der Waals surface area contributed by atoms with Crippen LogP contribution >= 0.6 is 0 Å². The number of aliphatic hydroxyl groups excluding tert-OH is 5. The quantitative estimate of drug-likeness (QED) is 0.171. The zero-order valence-corrected chi connectivity index (χ0v) is 14.4. The molecule has 0 unspecified atom stereocenters. The first-order valence-electron chi connectivity index (χ1n) is 8.08. The van der Waals surface area contributed by atoms with Gasteiger partial charge in [0.1, 0.15) is 18.3 Å². The standard InChI is InChI=1S/C8H14O4.C7H17NO5/c9-7(10)5-3-1-2-4-6-8(11)12;1-8-2-4(10)6(12)7(13)5(11)3-9/h1-6H2,(H,9,10)(H,11,12);4-13H,2-3H2,1H3/t;4-,5+,6+,7+/m.0/s1. The normalized spacial score (nSPS) is 15.4. The van der Waals surface area contributed by atoms with Gasteiger partial charge in [-0.05, 0) is 19.9 Å². The van der Waals surface area contributed by atoms with E-state index in [1.807, 2.05) is 0 Å². The van der Waals surface area contributed by atoms with E-state index in [0.29, 0.717) is 12.8 Å². The predicted octanol–water partition coefficient (Wildman–Crippen LogP) is -1.86. The molecular formula is C15H31NO9. The van der Waals surface area contributed by atoms with Crippen molar-refractivity contribution in [2.75, 3.05) is 20.2 Å². The molecule has 0 bridgehead atoms. The highest BCUT2D eigenvalue weighted by Gasteiger charge is 2.29. The van der Waals surface area contributed by atoms with Gasteiger partial charge in [-0.3, -0.25) is 9.59 Å². The van der Waals surface area contributed by atoms with Crippen LogP contribution in [0.4, 0.5) is 0 Å². The van der Waals surface area contributed by atoms with Gasteiger partial charge in [0.2, 0.25) is 0 Å². The molecule has 0 heterocycles. The molecule has 0 spiro atoms. The number of aliphatic carboxylic acids is 2. The molecule has 0 aliphatic heterocycles. The number of nitrogens with one attached hydrogen (secondary N) is 1. The van der Waals surface area contributed by atoms with Crippen molar-refractivity contribution in [3.63, 3.8) is 0 Å². The maximum Gasteiger partial charge on any atom is 0.303 e. The summed E-state index contributed by atoms with van der Waals surface area (Å²) in [6.45, 7) is -0.569. The first kappa shape index (κ1) is 25.9. The van der Waals surface area contributed by atoms with Gasteiger partial charge in [0.05, 0.1) is 12.7 Å². The summed E-state index contributed by atoms with van der Waals surface area (Å²) >= 11 is 0. The van der Waals surface area contributed by atoms with E-state index in [0.717, 1.165) is 12.8 Å². The van der Waals surface area contributed by atoms with Crippen LogP contribution in [0.25, 0.3) is 0 Å². The molecule has 0 aliphatic carbocycles. The van der Waals surface area contributed by atoms with E-state index in [9.17, 15) is 14.7 Å². The maximum absolute atomic E-state index is 10.0. The van der Waals surface area contributed by atoms with Crippen LogP contribution in [-0.2, 0) is 9.59 Å². The van der Waals surface area contributed by atoms with Crippen LogP contribution in [0, 0.1) is 0 Å². The van der Waals surface area contributed by atoms with E-state index in [1.165, 1.54) is 0 Å². The van der Waals surface area contributed by atoms with Crippen LogP contribution in [0.1, 0.15) is 38.5 Å². The lowest BCUT2D eigenvalue weighted by Gasteiger charge is -2.25. The average Bonchev–Trinajstić information content (AvgIpc) is 2.56. The van der Waals surface area contributed by atoms with Crippen molar-refractivity contribution in [3.05, 3.63) is 0 Å². The predicted molar refractivity (Wildman–Crippen MR) is 88.0 cm³/mol. The van der Waals surface area contributed by atoms with Crippen LogP contribution < -0.4 is 5.32 Å². The summed E-state index contributed by atoms with van der Waals surface area (Å²) in [5, 5.41) is 64.0. The van der Waals surface area contributed by atoms with Crippen molar-refractivity contribution >= 4 is 11.9 Å². The minimum atomic E-state index is -1.55. The number of aliphatic hydroxyl groups is 5. The SMILES string of the molecule is CNC[C@H](O)[C@@H](O)[C@H](O)[C@H](O)CO.O=C(O)CCCCCCC(=O)O. The van der Waals surface area contributed by atoms with Crippen LogP contribution in [-0.4, -0.2) is 92.3 Å². The molecular weight excluding hydrogens is 338 g/mol. The molecule has 0 radical (unpaired) electrons. The Bertz CT molecular complexity index is 336. The topological polar surface area (TPSA) is 188 Å². The number of hydrogen-bond donors (Lipinski definition) is 8. The summed E-state index contributed by atoms with van der Waals surface area (Å²) in [4.78, 5) is 20.1. The van der Waals surface area contributed by atoms with E-state index < -0.39 is 43.0 Å². The molecule has 0 rings (SSSR count). The van der Waals surface area contributed by atoms with Gasteiger partial charge in [0, 0.05) is 19.4 Å². The highest BCUT2D eigenvalue weighted by molar-refractivity contribution is 5.66. The van der Waals surface area contributed by atoms with E-state index >= 15 is 0 Å². The number of unbranched alkanes of at least 4 members (excludes halogenated alkanes) is 3. The molecule has 0 aliphatic rings. The Hall–Kier alpha value is -1.30. The molecule has 0 amide bonds. The van der Waals surface area contributed by atoms with Gasteiger partial charge in [0.25, 0.3) is 0 Å². The molecule has 0 saturated carbocycles. The van der Waals surface area contributed by atoms with Gasteiger partial charge in [-0.15, -0.1) is 0 Å². The molecule has 10 heteroatoms. The third-order valence-corrected chi connectivity index (χ3v) is 3.27. The minimum Gasteiger partial charge on any atom is -0.481 e. The van der Waals surface area contributed by atoms with Gasteiger partial charge in [-0.2, -0.15) is 0 Å². The first-order valence-corrected chi connectivity index (χ1v) is 8.08. The Morgan fingerprint density at radius 2 is 1.20 bits per heavy atom. The number of likely N-dealkylation sites (N-methyl/N-ethyl adjacent to an activating group) is 1. The molecule has 150 valence electrons. The molecule has 0 fully saturated rings. The summed E-state index contributed by atoms with van der Waals surface area (Å²) < 4.78 is 0. The number of rotatable bonds is 13. The second-order valence-electron chi connectivity index (χ2n) is 5.56. The number of carboxylic acids is 2. The number of hydrogen-bond acceptors (Lipinski definition) is 8. The minimum absolute atomic E-state index is 0.0936. The smallest absolute Gasteiger partial charge is 0.303 e. The highest BCUT2D eigenvalue weighted by Crippen LogP contribution is 2.05. The molecule has 0 aromatic heterocycles. The van der Waals surface area contributed by atoms with E-state index in [1.54, 1.807) is 7.05 Å². The van der Waals surface area contributed by atoms with Crippen LogP contribution in [0.2, 0.25) is 0 Å². The Balaban J connectivity index is 0. The van der Waals surface area contributed by atoms with Crippen molar-refractivity contribution in [2.24, 2.45) is 0 Å². The van der Waals surface area contributed by atoms with Gasteiger partial charge >= 0.3 is 11.9 Å². The number of carbonyl (C=O) groups is 2. The van der Waals surface area contributed by atoms with Gasteiger partial charge < -0.3 is 41.1 Å². The fourth-order valence-electron chi connectivity index (χ4n) is 1.80. The van der Waals surface area contributed by atoms with Gasteiger partial charge in [-0.1, -0.05) is 12.8 Å². The summed E-state index contributed by atoms with van der Waals surface area (Å²) in [6, 6.07) is 0. The van der Waals surface area contributed by atoms with Crippen molar-refractivity contribution in [2.45, 2.75) is 62.9 Å². The average molecular weight is 369 g/mol. The van der Waals surface area contributed by atoms with Crippen LogP contribution in [0.5, 0.6) is 0 Å². The zero-order chi connectivity index (χ0) is 19.8. The Labute approximate surface area is 146 Å².